The van der Waals surface area contributed by atoms with Crippen LogP contribution in [-0.4, -0.2) is 13.0 Å². The summed E-state index contributed by atoms with van der Waals surface area (Å²) in [7, 11) is 1.70. The number of hydrogen-bond donors (Lipinski definition) is 0. The van der Waals surface area contributed by atoms with Crippen LogP contribution < -0.4 is 4.90 Å². The van der Waals surface area contributed by atoms with E-state index in [2.05, 4.69) is 13.8 Å². The molecule has 0 atom stereocenters. The Labute approximate surface area is 125 Å². The Kier molecular flexibility index (Phi) is 4.73. The second kappa shape index (κ2) is 6.53. The van der Waals surface area contributed by atoms with Crippen molar-refractivity contribution < 1.29 is 9.18 Å². The van der Waals surface area contributed by atoms with Crippen molar-refractivity contribution in [1.82, 2.24) is 0 Å². The summed E-state index contributed by atoms with van der Waals surface area (Å²) in [6.07, 6.45) is 0.946. The molecule has 21 heavy (non-hydrogen) atoms. The standard InChI is InChI=1S/C18H20FNO/c1-13(2)11-14-5-4-6-15(12-14)18(21)20(3)17-9-7-16(19)8-10-17/h4-10,12-13H,11H2,1-3H3. The minimum absolute atomic E-state index is 0.0905. The summed E-state index contributed by atoms with van der Waals surface area (Å²) in [5.41, 5.74) is 2.49. The first kappa shape index (κ1) is 15.2. The van der Waals surface area contributed by atoms with E-state index in [-0.39, 0.29) is 11.7 Å². The normalized spacial score (nSPS) is 10.7. The van der Waals surface area contributed by atoms with Crippen molar-refractivity contribution in [3.05, 3.63) is 65.5 Å². The monoisotopic (exact) mass is 285 g/mol. The number of carbonyl (C=O) groups excluding carboxylic acids is 1. The van der Waals surface area contributed by atoms with Gasteiger partial charge in [0.1, 0.15) is 5.82 Å². The van der Waals surface area contributed by atoms with Gasteiger partial charge in [0, 0.05) is 18.3 Å². The van der Waals surface area contributed by atoms with Gasteiger partial charge < -0.3 is 4.90 Å². The zero-order chi connectivity index (χ0) is 15.4. The van der Waals surface area contributed by atoms with E-state index in [0.29, 0.717) is 17.2 Å². The van der Waals surface area contributed by atoms with Gasteiger partial charge in [0.2, 0.25) is 0 Å². The van der Waals surface area contributed by atoms with Gasteiger partial charge in [-0.05, 0) is 54.3 Å². The van der Waals surface area contributed by atoms with Crippen molar-refractivity contribution in [1.29, 1.82) is 0 Å². The summed E-state index contributed by atoms with van der Waals surface area (Å²) in [6.45, 7) is 4.30. The summed E-state index contributed by atoms with van der Waals surface area (Å²) in [5, 5.41) is 0. The Bertz CT molecular complexity index is 619. The maximum absolute atomic E-state index is 12.9. The molecular formula is C18H20FNO. The second-order valence-corrected chi connectivity index (χ2v) is 5.64. The summed E-state index contributed by atoms with van der Waals surface area (Å²) >= 11 is 0. The van der Waals surface area contributed by atoms with E-state index in [1.165, 1.54) is 17.0 Å². The fraction of sp³-hybridized carbons (Fsp3) is 0.278. The van der Waals surface area contributed by atoms with Crippen molar-refractivity contribution in [3.8, 4) is 0 Å². The van der Waals surface area contributed by atoms with Crippen molar-refractivity contribution in [3.63, 3.8) is 0 Å². The lowest BCUT2D eigenvalue weighted by molar-refractivity contribution is 0.0993. The van der Waals surface area contributed by atoms with Crippen molar-refractivity contribution in [2.75, 3.05) is 11.9 Å². The topological polar surface area (TPSA) is 20.3 Å². The third-order valence-corrected chi connectivity index (χ3v) is 3.34. The van der Waals surface area contributed by atoms with Gasteiger partial charge >= 0.3 is 0 Å². The van der Waals surface area contributed by atoms with Crippen molar-refractivity contribution in [2.45, 2.75) is 20.3 Å². The highest BCUT2D eigenvalue weighted by atomic mass is 19.1. The van der Waals surface area contributed by atoms with E-state index in [9.17, 15) is 9.18 Å². The van der Waals surface area contributed by atoms with Crippen LogP contribution in [0.5, 0.6) is 0 Å². The van der Waals surface area contributed by atoms with Crippen LogP contribution in [-0.2, 0) is 6.42 Å². The molecule has 2 nitrogen and oxygen atoms in total. The highest BCUT2D eigenvalue weighted by Crippen LogP contribution is 2.17. The minimum atomic E-state index is -0.307. The summed E-state index contributed by atoms with van der Waals surface area (Å²) in [6, 6.07) is 13.6. The molecule has 3 heteroatoms. The van der Waals surface area contributed by atoms with Crippen LogP contribution in [0.2, 0.25) is 0 Å². The van der Waals surface area contributed by atoms with Crippen molar-refractivity contribution >= 4 is 11.6 Å². The Balaban J connectivity index is 2.21. The first-order valence-corrected chi connectivity index (χ1v) is 7.10. The lowest BCUT2D eigenvalue weighted by Crippen LogP contribution is -2.26. The van der Waals surface area contributed by atoms with Crippen LogP contribution in [0, 0.1) is 11.7 Å². The quantitative estimate of drug-likeness (QED) is 0.820. The van der Waals surface area contributed by atoms with Crippen molar-refractivity contribution in [2.24, 2.45) is 5.92 Å². The number of amides is 1. The van der Waals surface area contributed by atoms with E-state index < -0.39 is 0 Å². The molecule has 0 saturated carbocycles. The molecule has 2 aromatic carbocycles. The number of rotatable bonds is 4. The highest BCUT2D eigenvalue weighted by molar-refractivity contribution is 6.05. The molecule has 0 aliphatic carbocycles. The van der Waals surface area contributed by atoms with Gasteiger partial charge in [0.25, 0.3) is 5.91 Å². The molecule has 0 unspecified atom stereocenters. The van der Waals surface area contributed by atoms with Crippen LogP contribution in [0.3, 0.4) is 0 Å². The molecule has 0 fully saturated rings. The molecular weight excluding hydrogens is 265 g/mol. The molecule has 0 aliphatic heterocycles. The van der Waals surface area contributed by atoms with Gasteiger partial charge in [-0.3, -0.25) is 4.79 Å². The minimum Gasteiger partial charge on any atom is -0.311 e. The average Bonchev–Trinajstić information content (AvgIpc) is 2.46. The molecule has 0 N–H and O–H groups in total. The predicted molar refractivity (Wildman–Crippen MR) is 84.1 cm³/mol. The average molecular weight is 285 g/mol. The summed E-state index contributed by atoms with van der Waals surface area (Å²) in [5.74, 6) is 0.149. The maximum atomic E-state index is 12.9. The fourth-order valence-corrected chi connectivity index (χ4v) is 2.28. The summed E-state index contributed by atoms with van der Waals surface area (Å²) in [4.78, 5) is 14.0. The van der Waals surface area contributed by atoms with Gasteiger partial charge in [0.05, 0.1) is 0 Å². The van der Waals surface area contributed by atoms with Crippen LogP contribution in [0.15, 0.2) is 48.5 Å². The molecule has 1 amide bonds. The molecule has 0 radical (unpaired) electrons. The van der Waals surface area contributed by atoms with E-state index >= 15 is 0 Å². The van der Waals surface area contributed by atoms with E-state index in [1.807, 2.05) is 24.3 Å². The third kappa shape index (κ3) is 3.91. The van der Waals surface area contributed by atoms with Crippen LogP contribution >= 0.6 is 0 Å². The van der Waals surface area contributed by atoms with Gasteiger partial charge in [-0.2, -0.15) is 0 Å². The van der Waals surface area contributed by atoms with Gasteiger partial charge in [-0.15, -0.1) is 0 Å². The first-order valence-electron chi connectivity index (χ1n) is 7.10. The number of anilines is 1. The first-order chi connectivity index (χ1) is 9.97. The molecule has 2 rings (SSSR count). The molecule has 0 aliphatic rings. The second-order valence-electron chi connectivity index (χ2n) is 5.64. The smallest absolute Gasteiger partial charge is 0.258 e. The Morgan fingerprint density at radius 2 is 1.81 bits per heavy atom. The zero-order valence-electron chi connectivity index (χ0n) is 12.6. The SMILES string of the molecule is CC(C)Cc1cccc(C(=O)N(C)c2ccc(F)cc2)c1. The maximum Gasteiger partial charge on any atom is 0.258 e. The van der Waals surface area contributed by atoms with Crippen LogP contribution in [0.25, 0.3) is 0 Å². The third-order valence-electron chi connectivity index (χ3n) is 3.34. The Morgan fingerprint density at radius 1 is 1.14 bits per heavy atom. The van der Waals surface area contributed by atoms with E-state index in [0.717, 1.165) is 12.0 Å². The predicted octanol–water partition coefficient (Wildman–Crippen LogP) is 4.30. The number of benzene rings is 2. The van der Waals surface area contributed by atoms with Crippen LogP contribution in [0.4, 0.5) is 10.1 Å². The Hall–Kier alpha value is -2.16. The highest BCUT2D eigenvalue weighted by Gasteiger charge is 2.14. The largest absolute Gasteiger partial charge is 0.311 e. The van der Waals surface area contributed by atoms with Gasteiger partial charge in [0.15, 0.2) is 0 Å². The van der Waals surface area contributed by atoms with Gasteiger partial charge in [-0.1, -0.05) is 26.0 Å². The molecule has 0 aromatic heterocycles. The molecule has 0 bridgehead atoms. The Morgan fingerprint density at radius 3 is 2.43 bits per heavy atom. The van der Waals surface area contributed by atoms with E-state index in [1.54, 1.807) is 19.2 Å². The van der Waals surface area contributed by atoms with E-state index in [4.69, 9.17) is 0 Å². The van der Waals surface area contributed by atoms with Gasteiger partial charge in [-0.25, -0.2) is 4.39 Å². The molecule has 0 heterocycles. The fourth-order valence-electron chi connectivity index (χ4n) is 2.28. The lowest BCUT2D eigenvalue weighted by Gasteiger charge is -2.18. The molecule has 110 valence electrons. The number of halogens is 1. The lowest BCUT2D eigenvalue weighted by atomic mass is 10.0. The molecule has 2 aromatic rings. The zero-order valence-corrected chi connectivity index (χ0v) is 12.6. The number of carbonyl (C=O) groups is 1. The summed E-state index contributed by atoms with van der Waals surface area (Å²) < 4.78 is 12.9. The van der Waals surface area contributed by atoms with Crippen LogP contribution in [0.1, 0.15) is 29.8 Å². The number of hydrogen-bond acceptors (Lipinski definition) is 1. The number of nitrogens with zero attached hydrogens (tertiary/aromatic N) is 1. The molecule has 0 saturated heterocycles. The molecule has 0 spiro atoms.